The Balaban J connectivity index is 1.86. The van der Waals surface area contributed by atoms with Crippen LogP contribution in [-0.2, 0) is 9.59 Å². The third kappa shape index (κ3) is 4.35. The Bertz CT molecular complexity index is 431. The minimum absolute atomic E-state index is 0.0917. The van der Waals surface area contributed by atoms with E-state index in [0.29, 0.717) is 18.1 Å². The lowest BCUT2D eigenvalue weighted by molar-refractivity contribution is -0.132. The molecule has 1 amide bonds. The smallest absolute Gasteiger partial charge is 0.223 e. The van der Waals surface area contributed by atoms with Crippen LogP contribution < -0.4 is 0 Å². The second kappa shape index (κ2) is 7.10. The maximum absolute atomic E-state index is 12.0. The fraction of sp³-hybridized carbons (Fsp3) is 0.571. The van der Waals surface area contributed by atoms with Gasteiger partial charge in [0, 0.05) is 41.8 Å². The summed E-state index contributed by atoms with van der Waals surface area (Å²) in [5.41, 5.74) is 0. The minimum Gasteiger partial charge on any atom is -0.342 e. The van der Waals surface area contributed by atoms with Crippen molar-refractivity contribution in [3.05, 3.63) is 22.4 Å². The van der Waals surface area contributed by atoms with E-state index in [1.54, 1.807) is 18.3 Å². The predicted molar refractivity (Wildman–Crippen MR) is 80.6 cm³/mol. The molecule has 1 aromatic rings. The quantitative estimate of drug-likeness (QED) is 0.857. The lowest BCUT2D eigenvalue weighted by Gasteiger charge is -2.19. The molecule has 0 spiro atoms. The first-order valence-corrected chi connectivity index (χ1v) is 8.52. The third-order valence-corrected chi connectivity index (χ3v) is 5.69. The van der Waals surface area contributed by atoms with E-state index in [9.17, 15) is 9.59 Å². The molecule has 2 heterocycles. The second-order valence-electron chi connectivity index (χ2n) is 4.75. The van der Waals surface area contributed by atoms with Crippen molar-refractivity contribution in [3.8, 4) is 0 Å². The van der Waals surface area contributed by atoms with Crippen LogP contribution in [0.3, 0.4) is 0 Å². The van der Waals surface area contributed by atoms with Gasteiger partial charge in [-0.1, -0.05) is 6.07 Å². The number of hydrogen-bond acceptors (Lipinski definition) is 4. The summed E-state index contributed by atoms with van der Waals surface area (Å²) in [7, 11) is 0. The summed E-state index contributed by atoms with van der Waals surface area (Å²) in [5.74, 6) is 1.20. The van der Waals surface area contributed by atoms with E-state index in [1.165, 1.54) is 4.88 Å². The average molecular weight is 297 g/mol. The van der Waals surface area contributed by atoms with Crippen LogP contribution >= 0.6 is 23.1 Å². The van der Waals surface area contributed by atoms with Crippen molar-refractivity contribution in [2.75, 3.05) is 18.8 Å². The highest BCUT2D eigenvalue weighted by Gasteiger charge is 2.22. The molecule has 0 bridgehead atoms. The molecule has 0 saturated carbocycles. The molecule has 0 N–H and O–H groups in total. The Morgan fingerprint density at radius 3 is 2.89 bits per heavy atom. The third-order valence-electron chi connectivity index (χ3n) is 3.25. The monoisotopic (exact) mass is 297 g/mol. The maximum Gasteiger partial charge on any atom is 0.223 e. The molecule has 1 atom stereocenters. The van der Waals surface area contributed by atoms with Crippen molar-refractivity contribution >= 4 is 34.8 Å². The molecule has 1 aliphatic heterocycles. The van der Waals surface area contributed by atoms with E-state index in [2.05, 4.69) is 17.5 Å². The summed E-state index contributed by atoms with van der Waals surface area (Å²) in [5, 5.41) is 2.63. The zero-order chi connectivity index (χ0) is 13.7. The highest BCUT2D eigenvalue weighted by atomic mass is 32.2. The number of thiophene rings is 1. The Hall–Kier alpha value is -0.810. The Labute approximate surface area is 122 Å². The number of Topliss-reactive ketones (excluding diaryl/α,β-unsaturated/α-hetero) is 1. The summed E-state index contributed by atoms with van der Waals surface area (Å²) in [6.07, 6.45) is 1.75. The zero-order valence-corrected chi connectivity index (χ0v) is 12.8. The molecule has 1 aromatic heterocycles. The molecule has 3 nitrogen and oxygen atoms in total. The summed E-state index contributed by atoms with van der Waals surface area (Å²) in [6.45, 7) is 3.16. The van der Waals surface area contributed by atoms with Crippen molar-refractivity contribution in [2.45, 2.75) is 31.4 Å². The van der Waals surface area contributed by atoms with Gasteiger partial charge in [0.25, 0.3) is 0 Å². The van der Waals surface area contributed by atoms with Gasteiger partial charge in [-0.3, -0.25) is 4.79 Å². The van der Waals surface area contributed by atoms with E-state index in [-0.39, 0.29) is 11.7 Å². The van der Waals surface area contributed by atoms with Crippen molar-refractivity contribution in [3.63, 3.8) is 0 Å². The largest absolute Gasteiger partial charge is 0.342 e. The molecule has 104 valence electrons. The second-order valence-corrected chi connectivity index (χ2v) is 7.04. The molecule has 0 radical (unpaired) electrons. The van der Waals surface area contributed by atoms with E-state index >= 15 is 0 Å². The predicted octanol–water partition coefficient (Wildman–Crippen LogP) is 3.12. The first-order chi connectivity index (χ1) is 9.16. The number of rotatable bonds is 4. The van der Waals surface area contributed by atoms with Gasteiger partial charge in [0.2, 0.25) is 5.91 Å². The molecule has 0 aromatic carbocycles. The lowest BCUT2D eigenvalue weighted by atomic mass is 10.2. The molecular formula is C14H19NO2S2. The number of thioether (sulfide) groups is 1. The van der Waals surface area contributed by atoms with Crippen LogP contribution in [0.25, 0.3) is 0 Å². The molecule has 2 rings (SSSR count). The van der Waals surface area contributed by atoms with Crippen molar-refractivity contribution < 1.29 is 9.59 Å². The van der Waals surface area contributed by atoms with Crippen LogP contribution in [0.1, 0.15) is 36.3 Å². The van der Waals surface area contributed by atoms with Gasteiger partial charge in [0.15, 0.2) is 0 Å². The summed E-state index contributed by atoms with van der Waals surface area (Å²) < 4.78 is 0. The standard InChI is InChI=1S/C14H19NO2S2/c1-11(16)4-5-14(17)15-7-6-13(19-10-8-15)12-3-2-9-18-12/h2-3,9,13H,4-8,10H2,1H3. The fourth-order valence-corrected chi connectivity index (χ4v) is 4.40. The van der Waals surface area contributed by atoms with Crippen LogP contribution in [0, 0.1) is 0 Å². The molecule has 1 saturated heterocycles. The van der Waals surface area contributed by atoms with Crippen LogP contribution in [0.2, 0.25) is 0 Å². The van der Waals surface area contributed by atoms with Crippen LogP contribution in [0.4, 0.5) is 0 Å². The van der Waals surface area contributed by atoms with E-state index in [1.807, 2.05) is 16.7 Å². The van der Waals surface area contributed by atoms with Gasteiger partial charge in [0.05, 0.1) is 0 Å². The van der Waals surface area contributed by atoms with Gasteiger partial charge < -0.3 is 9.69 Å². The fourth-order valence-electron chi connectivity index (χ4n) is 2.16. The summed E-state index contributed by atoms with van der Waals surface area (Å²) >= 11 is 3.73. The Morgan fingerprint density at radius 2 is 2.21 bits per heavy atom. The molecule has 1 aliphatic rings. The molecular weight excluding hydrogens is 278 g/mol. The van der Waals surface area contributed by atoms with E-state index in [4.69, 9.17) is 0 Å². The topological polar surface area (TPSA) is 37.4 Å². The van der Waals surface area contributed by atoms with Crippen LogP contribution in [0.5, 0.6) is 0 Å². The molecule has 1 fully saturated rings. The van der Waals surface area contributed by atoms with Crippen molar-refractivity contribution in [2.24, 2.45) is 0 Å². The van der Waals surface area contributed by atoms with Crippen LogP contribution in [0.15, 0.2) is 17.5 Å². The first-order valence-electron chi connectivity index (χ1n) is 6.59. The van der Waals surface area contributed by atoms with Gasteiger partial charge in [0.1, 0.15) is 5.78 Å². The highest BCUT2D eigenvalue weighted by Crippen LogP contribution is 2.36. The van der Waals surface area contributed by atoms with E-state index in [0.717, 1.165) is 25.3 Å². The minimum atomic E-state index is 0.0917. The van der Waals surface area contributed by atoms with Crippen LogP contribution in [-0.4, -0.2) is 35.4 Å². The Morgan fingerprint density at radius 1 is 1.37 bits per heavy atom. The summed E-state index contributed by atoms with van der Waals surface area (Å²) in [4.78, 5) is 26.3. The highest BCUT2D eigenvalue weighted by molar-refractivity contribution is 7.99. The van der Waals surface area contributed by atoms with Crippen molar-refractivity contribution in [1.29, 1.82) is 0 Å². The number of carbonyl (C=O) groups excluding carboxylic acids is 2. The number of ketones is 1. The van der Waals surface area contributed by atoms with Gasteiger partial charge in [-0.15, -0.1) is 11.3 Å². The van der Waals surface area contributed by atoms with Gasteiger partial charge in [-0.2, -0.15) is 11.8 Å². The van der Waals surface area contributed by atoms with Gasteiger partial charge in [-0.05, 0) is 24.8 Å². The van der Waals surface area contributed by atoms with Gasteiger partial charge in [-0.25, -0.2) is 0 Å². The SMILES string of the molecule is CC(=O)CCC(=O)N1CCSC(c2cccs2)CC1. The first kappa shape index (κ1) is 14.6. The molecule has 19 heavy (non-hydrogen) atoms. The summed E-state index contributed by atoms with van der Waals surface area (Å²) in [6, 6.07) is 4.26. The average Bonchev–Trinajstić information content (AvgIpc) is 2.80. The van der Waals surface area contributed by atoms with E-state index < -0.39 is 0 Å². The lowest BCUT2D eigenvalue weighted by Crippen LogP contribution is -2.33. The number of hydrogen-bond donors (Lipinski definition) is 0. The normalized spacial score (nSPS) is 20.1. The molecule has 5 heteroatoms. The maximum atomic E-state index is 12.0. The zero-order valence-electron chi connectivity index (χ0n) is 11.1. The molecule has 1 unspecified atom stereocenters. The molecule has 0 aliphatic carbocycles. The van der Waals surface area contributed by atoms with Crippen molar-refractivity contribution in [1.82, 2.24) is 4.90 Å². The van der Waals surface area contributed by atoms with Gasteiger partial charge >= 0.3 is 0 Å². The Kier molecular flexibility index (Phi) is 5.45. The number of amides is 1. The number of nitrogens with zero attached hydrogens (tertiary/aromatic N) is 1. The number of carbonyl (C=O) groups is 2.